The van der Waals surface area contributed by atoms with Crippen LogP contribution in [0.2, 0.25) is 0 Å². The van der Waals surface area contributed by atoms with Crippen molar-refractivity contribution in [2.75, 3.05) is 0 Å². The minimum absolute atomic E-state index is 0.628. The molecule has 10 rings (SSSR count). The first-order valence-corrected chi connectivity index (χ1v) is 17.3. The third-order valence-corrected chi connectivity index (χ3v) is 10.3. The van der Waals surface area contributed by atoms with E-state index in [-0.39, 0.29) is 0 Å². The van der Waals surface area contributed by atoms with E-state index in [0.717, 1.165) is 55.3 Å². The van der Waals surface area contributed by atoms with Crippen molar-refractivity contribution in [2.45, 2.75) is 0 Å². The molecule has 0 unspecified atom stereocenters. The Balaban J connectivity index is 1.10. The van der Waals surface area contributed by atoms with Crippen LogP contribution in [0.25, 0.3) is 98.8 Å². The quantitative estimate of drug-likeness (QED) is 0.184. The van der Waals surface area contributed by atoms with Crippen molar-refractivity contribution in [1.29, 1.82) is 0 Å². The van der Waals surface area contributed by atoms with Gasteiger partial charge in [-0.2, -0.15) is 0 Å². The Labute approximate surface area is 291 Å². The average molecular weight is 659 g/mol. The van der Waals surface area contributed by atoms with Crippen molar-refractivity contribution in [3.63, 3.8) is 0 Å². The lowest BCUT2D eigenvalue weighted by molar-refractivity contribution is 0.620. The molecule has 0 aliphatic heterocycles. The molecule has 0 fully saturated rings. The summed E-state index contributed by atoms with van der Waals surface area (Å²) in [4.78, 5) is 19.7. The highest BCUT2D eigenvalue weighted by Crippen LogP contribution is 2.42. The Morgan fingerprint density at radius 3 is 1.82 bits per heavy atom. The lowest BCUT2D eigenvalue weighted by atomic mass is 9.97. The topological polar surface area (TPSA) is 64.7 Å². The zero-order chi connectivity index (χ0) is 33.0. The summed E-state index contributed by atoms with van der Waals surface area (Å²) in [5.74, 6) is 2.55. The Bertz CT molecular complexity index is 2820. The molecule has 10 aromatic rings. The lowest BCUT2D eigenvalue weighted by Gasteiger charge is -2.10. The smallest absolute Gasteiger partial charge is 0.227 e. The van der Waals surface area contributed by atoms with Crippen molar-refractivity contribution < 1.29 is 4.42 Å². The van der Waals surface area contributed by atoms with E-state index in [1.54, 1.807) is 11.3 Å². The highest BCUT2D eigenvalue weighted by molar-refractivity contribution is 7.26. The molecule has 7 aromatic carbocycles. The van der Waals surface area contributed by atoms with Crippen LogP contribution >= 0.6 is 11.3 Å². The first-order valence-electron chi connectivity index (χ1n) is 16.5. The number of benzene rings is 7. The van der Waals surface area contributed by atoms with E-state index in [2.05, 4.69) is 97.1 Å². The Kier molecular flexibility index (Phi) is 6.60. The zero-order valence-electron chi connectivity index (χ0n) is 26.6. The monoisotopic (exact) mass is 658 g/mol. The highest BCUT2D eigenvalue weighted by Gasteiger charge is 2.17. The van der Waals surface area contributed by atoms with Gasteiger partial charge >= 0.3 is 0 Å². The largest absolute Gasteiger partial charge is 0.436 e. The van der Waals surface area contributed by atoms with Crippen LogP contribution in [0.3, 0.4) is 0 Å². The molecule has 3 aromatic heterocycles. The summed E-state index contributed by atoms with van der Waals surface area (Å²) in [6.07, 6.45) is 0. The van der Waals surface area contributed by atoms with Gasteiger partial charge in [0.1, 0.15) is 5.52 Å². The summed E-state index contributed by atoms with van der Waals surface area (Å²) in [5.41, 5.74) is 7.64. The first-order chi connectivity index (χ1) is 24.7. The van der Waals surface area contributed by atoms with Crippen LogP contribution < -0.4 is 0 Å². The molecule has 3 heterocycles. The Morgan fingerprint density at radius 2 is 1.06 bits per heavy atom. The number of thiophene rings is 1. The molecule has 0 bridgehead atoms. The number of hydrogen-bond acceptors (Lipinski definition) is 6. The predicted molar refractivity (Wildman–Crippen MR) is 205 cm³/mol. The maximum atomic E-state index is 6.42. The third kappa shape index (κ3) is 4.93. The fraction of sp³-hybridized carbons (Fsp3) is 0. The molecule has 0 aliphatic rings. The van der Waals surface area contributed by atoms with Crippen LogP contribution in [0.15, 0.2) is 162 Å². The van der Waals surface area contributed by atoms with Crippen molar-refractivity contribution in [2.24, 2.45) is 0 Å². The Morgan fingerprint density at radius 1 is 0.420 bits per heavy atom. The fourth-order valence-electron chi connectivity index (χ4n) is 6.70. The maximum absolute atomic E-state index is 6.42. The van der Waals surface area contributed by atoms with Crippen molar-refractivity contribution >= 4 is 53.4 Å². The van der Waals surface area contributed by atoms with Gasteiger partial charge in [-0.1, -0.05) is 121 Å². The SMILES string of the molecule is c1ccc(-c2nc(-c3ccccc3)nc(-c3cccc(-c4cccc5sc6cc7nc(-c8ccc9ccccc9c8)oc7cc6c45)c3)n2)cc1. The summed E-state index contributed by atoms with van der Waals surface area (Å²) in [6.45, 7) is 0. The zero-order valence-corrected chi connectivity index (χ0v) is 27.4. The number of aromatic nitrogens is 4. The lowest BCUT2D eigenvalue weighted by Crippen LogP contribution is -2.00. The van der Waals surface area contributed by atoms with Gasteiger partial charge in [-0.05, 0) is 58.3 Å². The third-order valence-electron chi connectivity index (χ3n) is 9.13. The van der Waals surface area contributed by atoms with E-state index in [1.807, 2.05) is 60.7 Å². The first kappa shape index (κ1) is 28.5. The van der Waals surface area contributed by atoms with Crippen LogP contribution in [-0.4, -0.2) is 19.9 Å². The van der Waals surface area contributed by atoms with Crippen molar-refractivity contribution in [3.05, 3.63) is 158 Å². The van der Waals surface area contributed by atoms with E-state index >= 15 is 0 Å². The number of hydrogen-bond donors (Lipinski definition) is 0. The molecule has 0 aliphatic carbocycles. The number of rotatable bonds is 5. The molecule has 0 radical (unpaired) electrons. The van der Waals surface area contributed by atoms with Crippen LogP contribution in [0, 0.1) is 0 Å². The summed E-state index contributed by atoms with van der Waals surface area (Å²) in [5, 5.41) is 4.70. The number of oxazole rings is 1. The van der Waals surface area contributed by atoms with Gasteiger partial charge in [-0.25, -0.2) is 19.9 Å². The maximum Gasteiger partial charge on any atom is 0.227 e. The molecule has 234 valence electrons. The molecule has 0 saturated heterocycles. The van der Waals surface area contributed by atoms with Crippen LogP contribution in [0.5, 0.6) is 0 Å². The summed E-state index contributed by atoms with van der Waals surface area (Å²) in [6, 6.07) is 54.1. The van der Waals surface area contributed by atoms with E-state index in [1.165, 1.54) is 20.2 Å². The average Bonchev–Trinajstić information content (AvgIpc) is 3.78. The van der Waals surface area contributed by atoms with E-state index in [4.69, 9.17) is 24.4 Å². The molecule has 0 spiro atoms. The van der Waals surface area contributed by atoms with Gasteiger partial charge in [0, 0.05) is 42.4 Å². The van der Waals surface area contributed by atoms with Gasteiger partial charge in [0.25, 0.3) is 0 Å². The second-order valence-electron chi connectivity index (χ2n) is 12.3. The van der Waals surface area contributed by atoms with Gasteiger partial charge in [0.15, 0.2) is 23.1 Å². The summed E-state index contributed by atoms with van der Waals surface area (Å²) >= 11 is 1.78. The molecular weight excluding hydrogens is 633 g/mol. The molecular formula is C44H26N4OS. The van der Waals surface area contributed by atoms with Gasteiger partial charge in [0.05, 0.1) is 0 Å². The van der Waals surface area contributed by atoms with Crippen molar-refractivity contribution in [3.8, 4) is 56.7 Å². The van der Waals surface area contributed by atoms with Gasteiger partial charge < -0.3 is 4.42 Å². The molecule has 6 heteroatoms. The molecule has 5 nitrogen and oxygen atoms in total. The van der Waals surface area contributed by atoms with E-state index < -0.39 is 0 Å². The standard InChI is InChI=1S/C44H26N4OS/c1-3-12-28(13-4-1)41-46-42(29-14-5-2-6-15-29)48-43(47-41)32-18-9-17-31(24-32)34-19-10-20-38-40(34)35-25-37-36(26-39(35)50-38)45-44(49-37)33-22-21-27-11-7-8-16-30(27)23-33/h1-26H. The number of fused-ring (bicyclic) bond motifs is 5. The normalized spacial score (nSPS) is 11.6. The molecule has 50 heavy (non-hydrogen) atoms. The van der Waals surface area contributed by atoms with Gasteiger partial charge in [0.2, 0.25) is 5.89 Å². The minimum atomic E-state index is 0.628. The van der Waals surface area contributed by atoms with Gasteiger partial charge in [-0.3, -0.25) is 0 Å². The second-order valence-corrected chi connectivity index (χ2v) is 13.4. The van der Waals surface area contributed by atoms with E-state index in [9.17, 15) is 0 Å². The number of nitrogens with zero attached hydrogens (tertiary/aromatic N) is 4. The Hall–Kier alpha value is -6.50. The van der Waals surface area contributed by atoms with Crippen LogP contribution in [-0.2, 0) is 0 Å². The molecule has 0 amide bonds. The second kappa shape index (κ2) is 11.6. The van der Waals surface area contributed by atoms with Crippen molar-refractivity contribution in [1.82, 2.24) is 19.9 Å². The van der Waals surface area contributed by atoms with E-state index in [0.29, 0.717) is 23.4 Å². The molecule has 0 saturated carbocycles. The fourth-order valence-corrected chi connectivity index (χ4v) is 7.84. The molecule has 0 N–H and O–H groups in total. The van der Waals surface area contributed by atoms with Crippen LogP contribution in [0.4, 0.5) is 0 Å². The summed E-state index contributed by atoms with van der Waals surface area (Å²) < 4.78 is 8.80. The van der Waals surface area contributed by atoms with Gasteiger partial charge in [-0.15, -0.1) is 11.3 Å². The predicted octanol–water partition coefficient (Wildman–Crippen LogP) is 11.9. The minimum Gasteiger partial charge on any atom is -0.436 e. The van der Waals surface area contributed by atoms with Crippen LogP contribution in [0.1, 0.15) is 0 Å². The highest BCUT2D eigenvalue weighted by atomic mass is 32.1. The molecule has 0 atom stereocenters. The summed E-state index contributed by atoms with van der Waals surface area (Å²) in [7, 11) is 0.